The average molecular weight is 382 g/mol. The maximum atomic E-state index is 11.6. The van der Waals surface area contributed by atoms with Crippen molar-refractivity contribution in [2.24, 2.45) is 13.0 Å². The Labute approximate surface area is 147 Å². The molecular weight excluding hydrogens is 366 g/mol. The minimum Gasteiger partial charge on any atom is -0.309 e. The van der Waals surface area contributed by atoms with Gasteiger partial charge in [-0.1, -0.05) is 0 Å². The zero-order valence-corrected chi connectivity index (χ0v) is 15.4. The fourth-order valence-corrected chi connectivity index (χ4v) is 6.37. The number of nitrogens with zero attached hydrogens (tertiary/aromatic N) is 5. The Balaban J connectivity index is 1.55. The lowest BCUT2D eigenvalue weighted by molar-refractivity contribution is 0.552. The number of hydrogen-bond donors (Lipinski definition) is 0. The second-order valence-corrected chi connectivity index (χ2v) is 9.93. The molecule has 1 aliphatic heterocycles. The Kier molecular flexibility index (Phi) is 4.05. The van der Waals surface area contributed by atoms with Gasteiger partial charge in [-0.25, -0.2) is 18.4 Å². The summed E-state index contributed by atoms with van der Waals surface area (Å²) >= 11 is 3.03. The summed E-state index contributed by atoms with van der Waals surface area (Å²) in [5.74, 6) is 1.49. The number of thiophene rings is 1. The van der Waals surface area contributed by atoms with Gasteiger partial charge in [-0.15, -0.1) is 21.5 Å². The van der Waals surface area contributed by atoms with Gasteiger partial charge >= 0.3 is 0 Å². The molecule has 0 saturated carbocycles. The van der Waals surface area contributed by atoms with Gasteiger partial charge in [0.25, 0.3) is 0 Å². The van der Waals surface area contributed by atoms with Crippen LogP contribution in [0, 0.1) is 5.92 Å². The topological polar surface area (TPSA) is 90.6 Å². The Bertz CT molecular complexity index is 995. The first kappa shape index (κ1) is 16.0. The average Bonchev–Trinajstić information content (AvgIpc) is 3.23. The molecule has 3 aromatic rings. The van der Waals surface area contributed by atoms with E-state index in [0.29, 0.717) is 12.8 Å². The summed E-state index contributed by atoms with van der Waals surface area (Å²) in [6, 6.07) is 2.00. The predicted octanol–water partition coefficient (Wildman–Crippen LogP) is 1.95. The van der Waals surface area contributed by atoms with Crippen molar-refractivity contribution in [3.05, 3.63) is 23.6 Å². The third-order valence-electron chi connectivity index (χ3n) is 4.14. The summed E-state index contributed by atoms with van der Waals surface area (Å²) in [4.78, 5) is 9.54. The quantitative estimate of drug-likeness (QED) is 0.638. The third kappa shape index (κ3) is 3.05. The van der Waals surface area contributed by atoms with Crippen LogP contribution in [0.3, 0.4) is 0 Å². The molecule has 1 saturated heterocycles. The van der Waals surface area contributed by atoms with Crippen molar-refractivity contribution in [2.45, 2.75) is 23.0 Å². The van der Waals surface area contributed by atoms with Crippen LogP contribution < -0.4 is 0 Å². The van der Waals surface area contributed by atoms with Crippen molar-refractivity contribution in [2.75, 3.05) is 11.5 Å². The minimum atomic E-state index is -2.87. The predicted molar refractivity (Wildman–Crippen MR) is 93.0 cm³/mol. The molecule has 126 valence electrons. The van der Waals surface area contributed by atoms with Gasteiger partial charge < -0.3 is 4.57 Å². The van der Waals surface area contributed by atoms with E-state index >= 15 is 0 Å². The standard InChI is InChI=1S/C14H15N5O2S3/c1-19-11(6-9-3-5-24(20,21)7-9)17-18-14(19)23-13-10-2-4-22-12(10)15-8-16-13/h2,4,8-9H,3,5-7H2,1H3/t9-/m0/s1. The summed E-state index contributed by atoms with van der Waals surface area (Å²) in [5.41, 5.74) is 0. The van der Waals surface area contributed by atoms with Gasteiger partial charge in [0, 0.05) is 18.9 Å². The van der Waals surface area contributed by atoms with Crippen LogP contribution in [0.5, 0.6) is 0 Å². The van der Waals surface area contributed by atoms with Crippen molar-refractivity contribution in [3.8, 4) is 0 Å². The molecule has 0 unspecified atom stereocenters. The fourth-order valence-electron chi connectivity index (χ4n) is 2.84. The van der Waals surface area contributed by atoms with E-state index in [1.165, 1.54) is 11.8 Å². The zero-order chi connectivity index (χ0) is 16.7. The number of fused-ring (bicyclic) bond motifs is 1. The Morgan fingerprint density at radius 1 is 1.38 bits per heavy atom. The van der Waals surface area contributed by atoms with Gasteiger partial charge in [0.2, 0.25) is 0 Å². The molecule has 24 heavy (non-hydrogen) atoms. The normalized spacial score (nSPS) is 20.0. The zero-order valence-electron chi connectivity index (χ0n) is 12.9. The molecule has 4 heterocycles. The fraction of sp³-hybridized carbons (Fsp3) is 0.429. The van der Waals surface area contributed by atoms with E-state index in [1.807, 2.05) is 23.1 Å². The monoisotopic (exact) mass is 381 g/mol. The van der Waals surface area contributed by atoms with E-state index in [-0.39, 0.29) is 17.4 Å². The van der Waals surface area contributed by atoms with Crippen molar-refractivity contribution in [1.82, 2.24) is 24.7 Å². The highest BCUT2D eigenvalue weighted by molar-refractivity contribution is 7.99. The van der Waals surface area contributed by atoms with Crippen LogP contribution in [-0.2, 0) is 23.3 Å². The van der Waals surface area contributed by atoms with E-state index in [9.17, 15) is 8.42 Å². The van der Waals surface area contributed by atoms with Crippen LogP contribution in [0.25, 0.3) is 10.2 Å². The minimum absolute atomic E-state index is 0.137. The molecule has 10 heteroatoms. The molecule has 1 fully saturated rings. The molecule has 0 aliphatic carbocycles. The lowest BCUT2D eigenvalue weighted by Gasteiger charge is -2.07. The Morgan fingerprint density at radius 2 is 2.25 bits per heavy atom. The van der Waals surface area contributed by atoms with Gasteiger partial charge in [0.1, 0.15) is 22.0 Å². The molecule has 7 nitrogen and oxygen atoms in total. The van der Waals surface area contributed by atoms with Crippen LogP contribution in [-0.4, -0.2) is 44.7 Å². The van der Waals surface area contributed by atoms with Crippen molar-refractivity contribution in [3.63, 3.8) is 0 Å². The van der Waals surface area contributed by atoms with Crippen molar-refractivity contribution in [1.29, 1.82) is 0 Å². The van der Waals surface area contributed by atoms with Gasteiger partial charge in [-0.2, -0.15) is 0 Å². The van der Waals surface area contributed by atoms with Gasteiger partial charge in [0.05, 0.1) is 11.5 Å². The van der Waals surface area contributed by atoms with Crippen molar-refractivity contribution < 1.29 is 8.42 Å². The smallest absolute Gasteiger partial charge is 0.197 e. The van der Waals surface area contributed by atoms with Gasteiger partial charge in [-0.3, -0.25) is 0 Å². The lowest BCUT2D eigenvalue weighted by Crippen LogP contribution is -2.11. The molecule has 4 rings (SSSR count). The van der Waals surface area contributed by atoms with Crippen LogP contribution in [0.2, 0.25) is 0 Å². The van der Waals surface area contributed by atoms with E-state index in [1.54, 1.807) is 17.7 Å². The number of sulfone groups is 1. The van der Waals surface area contributed by atoms with Gasteiger partial charge in [-0.05, 0) is 35.5 Å². The first-order chi connectivity index (χ1) is 11.5. The summed E-state index contributed by atoms with van der Waals surface area (Å²) in [7, 11) is -0.957. The molecule has 1 atom stereocenters. The first-order valence-corrected chi connectivity index (χ1v) is 11.0. The maximum Gasteiger partial charge on any atom is 0.197 e. The summed E-state index contributed by atoms with van der Waals surface area (Å²) in [6.45, 7) is 0. The molecule has 0 N–H and O–H groups in total. The van der Waals surface area contributed by atoms with Crippen LogP contribution in [0.1, 0.15) is 12.2 Å². The highest BCUT2D eigenvalue weighted by Crippen LogP contribution is 2.32. The second kappa shape index (κ2) is 6.08. The summed E-state index contributed by atoms with van der Waals surface area (Å²) in [5, 5.41) is 13.1. The van der Waals surface area contributed by atoms with E-state index in [4.69, 9.17) is 0 Å². The third-order valence-corrected chi connectivity index (χ3v) is 7.85. The molecule has 0 spiro atoms. The molecular formula is C14H15N5O2S3. The molecule has 1 aliphatic rings. The van der Waals surface area contributed by atoms with E-state index in [0.717, 1.165) is 26.2 Å². The van der Waals surface area contributed by atoms with Gasteiger partial charge in [0.15, 0.2) is 15.0 Å². The largest absolute Gasteiger partial charge is 0.309 e. The SMILES string of the molecule is Cn1c(C[C@@H]2CCS(=O)(=O)C2)nnc1Sc1ncnc2sccc12. The summed E-state index contributed by atoms with van der Waals surface area (Å²) in [6.07, 6.45) is 2.90. The maximum absolute atomic E-state index is 11.6. The van der Waals surface area contributed by atoms with E-state index < -0.39 is 9.84 Å². The number of rotatable bonds is 4. The molecule has 0 radical (unpaired) electrons. The number of hydrogen-bond acceptors (Lipinski definition) is 8. The van der Waals surface area contributed by atoms with Crippen LogP contribution in [0.4, 0.5) is 0 Å². The highest BCUT2D eigenvalue weighted by Gasteiger charge is 2.29. The molecule has 0 bridgehead atoms. The molecule has 0 aromatic carbocycles. The highest BCUT2D eigenvalue weighted by atomic mass is 32.2. The lowest BCUT2D eigenvalue weighted by atomic mass is 10.1. The Hall–Kier alpha value is -1.52. The Morgan fingerprint density at radius 3 is 3.04 bits per heavy atom. The number of aromatic nitrogens is 5. The molecule has 3 aromatic heterocycles. The van der Waals surface area contributed by atoms with E-state index in [2.05, 4.69) is 20.2 Å². The van der Waals surface area contributed by atoms with Crippen molar-refractivity contribution >= 4 is 43.2 Å². The van der Waals surface area contributed by atoms with Crippen LogP contribution >= 0.6 is 23.1 Å². The first-order valence-electron chi connectivity index (χ1n) is 7.46. The second-order valence-electron chi connectivity index (χ2n) is 5.85. The summed E-state index contributed by atoms with van der Waals surface area (Å²) < 4.78 is 25.1. The molecule has 0 amide bonds. The van der Waals surface area contributed by atoms with Crippen LogP contribution in [0.15, 0.2) is 28.0 Å².